The van der Waals surface area contributed by atoms with Gasteiger partial charge in [-0.2, -0.15) is 0 Å². The Labute approximate surface area is 108 Å². The van der Waals surface area contributed by atoms with Gasteiger partial charge in [-0.05, 0) is 12.1 Å². The van der Waals surface area contributed by atoms with Crippen molar-refractivity contribution >= 4 is 28.1 Å². The van der Waals surface area contributed by atoms with E-state index in [-0.39, 0.29) is 0 Å². The van der Waals surface area contributed by atoms with Crippen LogP contribution in [0, 0.1) is 0 Å². The van der Waals surface area contributed by atoms with Crippen LogP contribution in [0.25, 0.3) is 0 Å². The van der Waals surface area contributed by atoms with Gasteiger partial charge in [0.1, 0.15) is 0 Å². The molecule has 1 aliphatic heterocycles. The summed E-state index contributed by atoms with van der Waals surface area (Å²) in [5.74, 6) is 0.846. The number of esters is 1. The number of methoxy groups -OCH3 is 1. The third-order valence-electron chi connectivity index (χ3n) is 3.01. The summed E-state index contributed by atoms with van der Waals surface area (Å²) in [5.41, 5.74) is 7.63. The summed E-state index contributed by atoms with van der Waals surface area (Å²) >= 11 is 0. The maximum Gasteiger partial charge on any atom is 0.340 e. The van der Waals surface area contributed by atoms with Gasteiger partial charge in [0.2, 0.25) is 0 Å². The van der Waals surface area contributed by atoms with Gasteiger partial charge in [0.05, 0.1) is 24.0 Å². The molecule has 1 saturated heterocycles. The number of ether oxygens (including phenoxy) is 1. The Kier molecular flexibility index (Phi) is 3.86. The molecule has 18 heavy (non-hydrogen) atoms. The SMILES string of the molecule is COC(=O)c1cccc(N2CCS(=O)CC2)c1N. The topological polar surface area (TPSA) is 72.6 Å². The first kappa shape index (κ1) is 12.9. The average molecular weight is 268 g/mol. The van der Waals surface area contributed by atoms with Gasteiger partial charge in [0, 0.05) is 35.4 Å². The second kappa shape index (κ2) is 5.39. The Morgan fingerprint density at radius 1 is 1.39 bits per heavy atom. The van der Waals surface area contributed by atoms with Gasteiger partial charge < -0.3 is 15.4 Å². The molecule has 0 spiro atoms. The van der Waals surface area contributed by atoms with E-state index in [1.54, 1.807) is 12.1 Å². The molecule has 1 aromatic carbocycles. The minimum atomic E-state index is -0.731. The summed E-state index contributed by atoms with van der Waals surface area (Å²) in [5, 5.41) is 0. The lowest BCUT2D eigenvalue weighted by atomic mass is 10.1. The van der Waals surface area contributed by atoms with E-state index in [4.69, 9.17) is 10.5 Å². The highest BCUT2D eigenvalue weighted by atomic mass is 32.2. The van der Waals surface area contributed by atoms with Crippen molar-refractivity contribution in [2.45, 2.75) is 0 Å². The fraction of sp³-hybridized carbons (Fsp3) is 0.417. The molecule has 0 aliphatic carbocycles. The van der Waals surface area contributed by atoms with Gasteiger partial charge >= 0.3 is 5.97 Å². The van der Waals surface area contributed by atoms with E-state index in [0.29, 0.717) is 35.8 Å². The van der Waals surface area contributed by atoms with Crippen LogP contribution in [-0.2, 0) is 15.5 Å². The van der Waals surface area contributed by atoms with E-state index >= 15 is 0 Å². The van der Waals surface area contributed by atoms with Gasteiger partial charge in [-0.25, -0.2) is 4.79 Å². The molecule has 0 radical (unpaired) electrons. The zero-order valence-corrected chi connectivity index (χ0v) is 11.0. The summed E-state index contributed by atoms with van der Waals surface area (Å²) in [6.07, 6.45) is 0. The van der Waals surface area contributed by atoms with Crippen LogP contribution < -0.4 is 10.6 Å². The van der Waals surface area contributed by atoms with E-state index in [1.165, 1.54) is 7.11 Å². The molecule has 5 nitrogen and oxygen atoms in total. The smallest absolute Gasteiger partial charge is 0.340 e. The molecular formula is C12H16N2O3S. The van der Waals surface area contributed by atoms with E-state index in [9.17, 15) is 9.00 Å². The third-order valence-corrected chi connectivity index (χ3v) is 4.28. The van der Waals surface area contributed by atoms with Crippen molar-refractivity contribution in [3.63, 3.8) is 0 Å². The quantitative estimate of drug-likeness (QED) is 0.629. The number of nitrogens with two attached hydrogens (primary N) is 1. The molecule has 2 N–H and O–H groups in total. The van der Waals surface area contributed by atoms with Crippen LogP contribution >= 0.6 is 0 Å². The molecule has 98 valence electrons. The van der Waals surface area contributed by atoms with E-state index in [0.717, 1.165) is 5.69 Å². The first-order chi connectivity index (χ1) is 8.63. The zero-order valence-electron chi connectivity index (χ0n) is 10.2. The van der Waals surface area contributed by atoms with Crippen molar-refractivity contribution in [3.05, 3.63) is 23.8 Å². The molecule has 1 heterocycles. The van der Waals surface area contributed by atoms with Gasteiger partial charge in [-0.3, -0.25) is 4.21 Å². The lowest BCUT2D eigenvalue weighted by Gasteiger charge is -2.29. The predicted molar refractivity (Wildman–Crippen MR) is 72.3 cm³/mol. The third kappa shape index (κ3) is 2.48. The lowest BCUT2D eigenvalue weighted by molar-refractivity contribution is 0.0602. The molecule has 1 aromatic rings. The Morgan fingerprint density at radius 2 is 2.06 bits per heavy atom. The fourth-order valence-electron chi connectivity index (χ4n) is 2.00. The number of anilines is 2. The van der Waals surface area contributed by atoms with Crippen LogP contribution in [0.1, 0.15) is 10.4 Å². The molecule has 1 aliphatic rings. The van der Waals surface area contributed by atoms with Crippen molar-refractivity contribution in [1.82, 2.24) is 0 Å². The number of carbonyl (C=O) groups is 1. The maximum atomic E-state index is 11.6. The van der Waals surface area contributed by atoms with Gasteiger partial charge in [-0.15, -0.1) is 0 Å². The summed E-state index contributed by atoms with van der Waals surface area (Å²) in [4.78, 5) is 13.6. The Hall–Kier alpha value is -1.56. The Morgan fingerprint density at radius 3 is 2.67 bits per heavy atom. The highest BCUT2D eigenvalue weighted by Crippen LogP contribution is 2.28. The van der Waals surface area contributed by atoms with Crippen molar-refractivity contribution < 1.29 is 13.7 Å². The van der Waals surface area contributed by atoms with E-state index in [1.807, 2.05) is 6.07 Å². The molecule has 0 unspecified atom stereocenters. The summed E-state index contributed by atoms with van der Waals surface area (Å²) in [7, 11) is 0.601. The summed E-state index contributed by atoms with van der Waals surface area (Å²) < 4.78 is 16.0. The van der Waals surface area contributed by atoms with E-state index < -0.39 is 16.8 Å². The molecule has 0 bridgehead atoms. The number of hydrogen-bond acceptors (Lipinski definition) is 5. The first-order valence-electron chi connectivity index (χ1n) is 5.70. The van der Waals surface area contributed by atoms with Crippen LogP contribution in [0.2, 0.25) is 0 Å². The van der Waals surface area contributed by atoms with Crippen LogP contribution in [0.3, 0.4) is 0 Å². The Balaban J connectivity index is 2.28. The molecule has 2 rings (SSSR count). The van der Waals surface area contributed by atoms with Crippen molar-refractivity contribution in [2.75, 3.05) is 42.3 Å². The average Bonchev–Trinajstić information content (AvgIpc) is 2.39. The van der Waals surface area contributed by atoms with Crippen molar-refractivity contribution in [3.8, 4) is 0 Å². The van der Waals surface area contributed by atoms with Crippen LogP contribution in [0.4, 0.5) is 11.4 Å². The highest BCUT2D eigenvalue weighted by Gasteiger charge is 2.20. The second-order valence-corrected chi connectivity index (χ2v) is 5.76. The van der Waals surface area contributed by atoms with Crippen LogP contribution in [0.5, 0.6) is 0 Å². The number of rotatable bonds is 2. The molecule has 0 aromatic heterocycles. The van der Waals surface area contributed by atoms with Gasteiger partial charge in [0.15, 0.2) is 0 Å². The normalized spacial score (nSPS) is 16.6. The Bertz CT molecular complexity index is 480. The minimum Gasteiger partial charge on any atom is -0.465 e. The summed E-state index contributed by atoms with van der Waals surface area (Å²) in [6, 6.07) is 5.30. The zero-order chi connectivity index (χ0) is 13.1. The number of para-hydroxylation sites is 1. The summed E-state index contributed by atoms with van der Waals surface area (Å²) in [6.45, 7) is 1.39. The lowest BCUT2D eigenvalue weighted by Crippen LogP contribution is -2.38. The largest absolute Gasteiger partial charge is 0.465 e. The number of benzene rings is 1. The van der Waals surface area contributed by atoms with Crippen molar-refractivity contribution in [1.29, 1.82) is 0 Å². The number of carbonyl (C=O) groups excluding carboxylic acids is 1. The molecular weight excluding hydrogens is 252 g/mol. The fourth-order valence-corrected chi connectivity index (χ4v) is 3.05. The maximum absolute atomic E-state index is 11.6. The van der Waals surface area contributed by atoms with Crippen LogP contribution in [0.15, 0.2) is 18.2 Å². The monoisotopic (exact) mass is 268 g/mol. The minimum absolute atomic E-state index is 0.377. The predicted octanol–water partition coefficient (Wildman–Crippen LogP) is 0.624. The molecule has 1 fully saturated rings. The molecule has 0 amide bonds. The first-order valence-corrected chi connectivity index (χ1v) is 7.19. The van der Waals surface area contributed by atoms with Gasteiger partial charge in [-0.1, -0.05) is 6.07 Å². The van der Waals surface area contributed by atoms with Crippen molar-refractivity contribution in [2.24, 2.45) is 0 Å². The number of hydrogen-bond donors (Lipinski definition) is 1. The standard InChI is InChI=1S/C12H16N2O3S/c1-17-12(15)9-3-2-4-10(11(9)13)14-5-7-18(16)8-6-14/h2-4H,5-8,13H2,1H3. The highest BCUT2D eigenvalue weighted by molar-refractivity contribution is 7.85. The number of nitrogens with zero attached hydrogens (tertiary/aromatic N) is 1. The van der Waals surface area contributed by atoms with E-state index in [2.05, 4.69) is 4.90 Å². The number of nitrogen functional groups attached to an aromatic ring is 1. The molecule has 0 atom stereocenters. The van der Waals surface area contributed by atoms with Gasteiger partial charge in [0.25, 0.3) is 0 Å². The van der Waals surface area contributed by atoms with Crippen LogP contribution in [-0.4, -0.2) is 41.9 Å². The molecule has 0 saturated carbocycles. The molecule has 6 heteroatoms. The second-order valence-electron chi connectivity index (χ2n) is 4.07.